The van der Waals surface area contributed by atoms with Crippen molar-refractivity contribution in [1.82, 2.24) is 9.55 Å². The summed E-state index contributed by atoms with van der Waals surface area (Å²) in [5.41, 5.74) is 9.90. The predicted octanol–water partition coefficient (Wildman–Crippen LogP) is 4.14. The first-order chi connectivity index (χ1) is 10.1. The van der Waals surface area contributed by atoms with Gasteiger partial charge in [-0.2, -0.15) is 0 Å². The Morgan fingerprint density at radius 3 is 2.71 bits per heavy atom. The van der Waals surface area contributed by atoms with Gasteiger partial charge in [-0.1, -0.05) is 25.1 Å². The van der Waals surface area contributed by atoms with Gasteiger partial charge < -0.3 is 10.3 Å². The summed E-state index contributed by atoms with van der Waals surface area (Å²) < 4.78 is 16.1. The first-order valence-electron chi connectivity index (χ1n) is 7.13. The molecule has 2 N–H and O–H groups in total. The van der Waals surface area contributed by atoms with Crippen molar-refractivity contribution in [3.8, 4) is 11.4 Å². The Bertz CT molecular complexity index is 805. The van der Waals surface area contributed by atoms with Gasteiger partial charge >= 0.3 is 0 Å². The van der Waals surface area contributed by atoms with Crippen molar-refractivity contribution in [1.29, 1.82) is 0 Å². The van der Waals surface area contributed by atoms with E-state index < -0.39 is 0 Å². The SMILES string of the molecule is CCCn1c(-c2cccc(N)c2C)nc2c(F)cccc21. The maximum Gasteiger partial charge on any atom is 0.151 e. The molecule has 0 atom stereocenters. The molecule has 0 bridgehead atoms. The van der Waals surface area contributed by atoms with Crippen LogP contribution in [0, 0.1) is 12.7 Å². The summed E-state index contributed by atoms with van der Waals surface area (Å²) in [6.07, 6.45) is 0.955. The molecule has 3 nitrogen and oxygen atoms in total. The molecule has 0 spiro atoms. The Hall–Kier alpha value is -2.36. The fraction of sp³-hybridized carbons (Fsp3) is 0.235. The lowest BCUT2D eigenvalue weighted by Gasteiger charge is -2.11. The predicted molar refractivity (Wildman–Crippen MR) is 84.6 cm³/mol. The van der Waals surface area contributed by atoms with Gasteiger partial charge in [-0.05, 0) is 37.1 Å². The van der Waals surface area contributed by atoms with Crippen molar-refractivity contribution in [2.24, 2.45) is 0 Å². The van der Waals surface area contributed by atoms with Gasteiger partial charge in [0.25, 0.3) is 0 Å². The molecule has 0 saturated heterocycles. The molecule has 0 saturated carbocycles. The maximum atomic E-state index is 14.0. The molecule has 1 aromatic heterocycles. The zero-order chi connectivity index (χ0) is 15.0. The molecule has 0 amide bonds. The summed E-state index contributed by atoms with van der Waals surface area (Å²) in [6.45, 7) is 4.86. The van der Waals surface area contributed by atoms with Crippen molar-refractivity contribution < 1.29 is 4.39 Å². The number of hydrogen-bond acceptors (Lipinski definition) is 2. The van der Waals surface area contributed by atoms with Crippen LogP contribution in [0.2, 0.25) is 0 Å². The van der Waals surface area contributed by atoms with Crippen molar-refractivity contribution in [3.63, 3.8) is 0 Å². The molecular weight excluding hydrogens is 265 g/mol. The Labute approximate surface area is 123 Å². The molecule has 0 unspecified atom stereocenters. The quantitative estimate of drug-likeness (QED) is 0.734. The van der Waals surface area contributed by atoms with Gasteiger partial charge in [0.15, 0.2) is 5.82 Å². The number of nitrogens with zero attached hydrogens (tertiary/aromatic N) is 2. The van der Waals surface area contributed by atoms with Crippen LogP contribution in [0.4, 0.5) is 10.1 Å². The first kappa shape index (κ1) is 13.6. The number of para-hydroxylation sites is 1. The minimum absolute atomic E-state index is 0.287. The summed E-state index contributed by atoms with van der Waals surface area (Å²) >= 11 is 0. The molecule has 1 heterocycles. The molecule has 3 rings (SSSR count). The highest BCUT2D eigenvalue weighted by atomic mass is 19.1. The Morgan fingerprint density at radius 1 is 1.19 bits per heavy atom. The van der Waals surface area contributed by atoms with E-state index in [1.807, 2.05) is 31.2 Å². The van der Waals surface area contributed by atoms with E-state index >= 15 is 0 Å². The second kappa shape index (κ2) is 5.20. The van der Waals surface area contributed by atoms with Gasteiger partial charge in [0.1, 0.15) is 11.3 Å². The summed E-state index contributed by atoms with van der Waals surface area (Å²) in [4.78, 5) is 4.54. The monoisotopic (exact) mass is 283 g/mol. The zero-order valence-corrected chi connectivity index (χ0v) is 12.2. The van der Waals surface area contributed by atoms with Gasteiger partial charge in [0.2, 0.25) is 0 Å². The molecule has 0 aliphatic carbocycles. The number of hydrogen-bond donors (Lipinski definition) is 1. The van der Waals surface area contributed by atoms with Crippen molar-refractivity contribution in [2.45, 2.75) is 26.8 Å². The van der Waals surface area contributed by atoms with Crippen molar-refractivity contribution in [3.05, 3.63) is 47.8 Å². The number of imidazole rings is 1. The molecule has 0 aliphatic rings. The molecule has 3 aromatic rings. The lowest BCUT2D eigenvalue weighted by Crippen LogP contribution is -2.02. The maximum absolute atomic E-state index is 14.0. The molecule has 4 heteroatoms. The van der Waals surface area contributed by atoms with Crippen LogP contribution >= 0.6 is 0 Å². The van der Waals surface area contributed by atoms with Crippen LogP contribution in [0.5, 0.6) is 0 Å². The van der Waals surface area contributed by atoms with E-state index in [9.17, 15) is 4.39 Å². The first-order valence-corrected chi connectivity index (χ1v) is 7.13. The summed E-state index contributed by atoms with van der Waals surface area (Å²) in [6, 6.07) is 10.8. The standard InChI is InChI=1S/C17H18FN3/c1-3-10-21-15-9-5-7-13(18)16(15)20-17(21)12-6-4-8-14(19)11(12)2/h4-9H,3,10,19H2,1-2H3. The van der Waals surface area contributed by atoms with Crippen molar-refractivity contribution in [2.75, 3.05) is 5.73 Å². The summed E-state index contributed by atoms with van der Waals surface area (Å²) in [7, 11) is 0. The number of benzene rings is 2. The highest BCUT2D eigenvalue weighted by molar-refractivity contribution is 5.82. The van der Waals surface area contributed by atoms with Crippen LogP contribution in [0.1, 0.15) is 18.9 Å². The lowest BCUT2D eigenvalue weighted by molar-refractivity contribution is 0.637. The van der Waals surface area contributed by atoms with Gasteiger partial charge in [0.05, 0.1) is 5.52 Å². The number of fused-ring (bicyclic) bond motifs is 1. The van der Waals surface area contributed by atoms with E-state index in [0.29, 0.717) is 5.52 Å². The average molecular weight is 283 g/mol. The molecule has 0 fully saturated rings. The normalized spacial score (nSPS) is 11.2. The van der Waals surface area contributed by atoms with E-state index in [1.165, 1.54) is 6.07 Å². The lowest BCUT2D eigenvalue weighted by atomic mass is 10.1. The summed E-state index contributed by atoms with van der Waals surface area (Å²) in [5.74, 6) is 0.493. The topological polar surface area (TPSA) is 43.8 Å². The molecule has 0 aliphatic heterocycles. The number of aryl methyl sites for hydroxylation is 1. The highest BCUT2D eigenvalue weighted by Crippen LogP contribution is 2.30. The largest absolute Gasteiger partial charge is 0.398 e. The number of anilines is 1. The minimum atomic E-state index is -0.287. The third kappa shape index (κ3) is 2.17. The van der Waals surface area contributed by atoms with Crippen molar-refractivity contribution >= 4 is 16.7 Å². The van der Waals surface area contributed by atoms with E-state index in [1.54, 1.807) is 6.07 Å². The number of nitrogen functional groups attached to an aromatic ring is 1. The smallest absolute Gasteiger partial charge is 0.151 e. The Morgan fingerprint density at radius 2 is 1.95 bits per heavy atom. The van der Waals surface area contributed by atoms with Gasteiger partial charge in [-0.15, -0.1) is 0 Å². The molecule has 108 valence electrons. The third-order valence-corrected chi connectivity index (χ3v) is 3.79. The van der Waals surface area contributed by atoms with Crippen LogP contribution in [0.15, 0.2) is 36.4 Å². The number of halogens is 1. The Balaban J connectivity index is 2.33. The van der Waals surface area contributed by atoms with Crippen LogP contribution < -0.4 is 5.73 Å². The van der Waals surface area contributed by atoms with Crippen LogP contribution in [0.25, 0.3) is 22.4 Å². The van der Waals surface area contributed by atoms with Gasteiger partial charge in [-0.25, -0.2) is 9.37 Å². The van der Waals surface area contributed by atoms with Crippen LogP contribution in [-0.2, 0) is 6.54 Å². The third-order valence-electron chi connectivity index (χ3n) is 3.79. The van der Waals surface area contributed by atoms with E-state index in [4.69, 9.17) is 5.73 Å². The van der Waals surface area contributed by atoms with E-state index in [0.717, 1.165) is 41.1 Å². The number of nitrogens with two attached hydrogens (primary N) is 1. The molecule has 0 radical (unpaired) electrons. The second-order valence-corrected chi connectivity index (χ2v) is 5.21. The second-order valence-electron chi connectivity index (χ2n) is 5.21. The van der Waals surface area contributed by atoms with E-state index in [-0.39, 0.29) is 5.82 Å². The zero-order valence-electron chi connectivity index (χ0n) is 12.2. The summed E-state index contributed by atoms with van der Waals surface area (Å²) in [5, 5.41) is 0. The Kier molecular flexibility index (Phi) is 3.37. The minimum Gasteiger partial charge on any atom is -0.398 e. The molecule has 2 aromatic carbocycles. The highest BCUT2D eigenvalue weighted by Gasteiger charge is 2.16. The molecular formula is C17H18FN3. The van der Waals surface area contributed by atoms with Crippen LogP contribution in [-0.4, -0.2) is 9.55 Å². The van der Waals surface area contributed by atoms with E-state index in [2.05, 4.69) is 16.5 Å². The van der Waals surface area contributed by atoms with Crippen LogP contribution in [0.3, 0.4) is 0 Å². The number of aromatic nitrogens is 2. The van der Waals surface area contributed by atoms with Gasteiger partial charge in [0, 0.05) is 17.8 Å². The average Bonchev–Trinajstić information content (AvgIpc) is 2.83. The fourth-order valence-corrected chi connectivity index (χ4v) is 2.66. The number of rotatable bonds is 3. The fourth-order valence-electron chi connectivity index (χ4n) is 2.66. The molecule has 21 heavy (non-hydrogen) atoms. The van der Waals surface area contributed by atoms with Gasteiger partial charge in [-0.3, -0.25) is 0 Å².